The fourth-order valence-corrected chi connectivity index (χ4v) is 2.82. The summed E-state index contributed by atoms with van der Waals surface area (Å²) < 4.78 is 31.4. The van der Waals surface area contributed by atoms with Crippen molar-refractivity contribution in [3.05, 3.63) is 41.9 Å². The highest BCUT2D eigenvalue weighted by atomic mass is 19.3. The Bertz CT molecular complexity index is 731. The van der Waals surface area contributed by atoms with Crippen LogP contribution >= 0.6 is 0 Å². The minimum Gasteiger partial charge on any atom is -0.471 e. The van der Waals surface area contributed by atoms with Gasteiger partial charge in [0.15, 0.2) is 6.61 Å². The van der Waals surface area contributed by atoms with Gasteiger partial charge in [0.2, 0.25) is 5.88 Å². The Morgan fingerprint density at radius 2 is 2.35 bits per heavy atom. The van der Waals surface area contributed by atoms with Crippen molar-refractivity contribution < 1.29 is 18.3 Å². The minimum absolute atomic E-state index is 0.0897. The second-order valence-corrected chi connectivity index (χ2v) is 6.03. The summed E-state index contributed by atoms with van der Waals surface area (Å²) in [5, 5.41) is 10.4. The first kappa shape index (κ1) is 18.2. The number of nitrogens with zero attached hydrogens (tertiary/aromatic N) is 3. The SMILES string of the molecule is O=C(NCc1cccnc1OCC(F)F)c1ccn(C2CCCNC2)n1. The summed E-state index contributed by atoms with van der Waals surface area (Å²) in [6, 6.07) is 5.24. The van der Waals surface area contributed by atoms with E-state index in [4.69, 9.17) is 4.74 Å². The first-order valence-corrected chi connectivity index (χ1v) is 8.52. The summed E-state index contributed by atoms with van der Waals surface area (Å²) >= 11 is 0. The molecule has 26 heavy (non-hydrogen) atoms. The van der Waals surface area contributed by atoms with Crippen LogP contribution in [0.15, 0.2) is 30.6 Å². The maximum Gasteiger partial charge on any atom is 0.272 e. The van der Waals surface area contributed by atoms with Gasteiger partial charge in [-0.3, -0.25) is 9.48 Å². The molecule has 1 fully saturated rings. The van der Waals surface area contributed by atoms with Crippen molar-refractivity contribution >= 4 is 5.91 Å². The molecular formula is C17H21F2N5O2. The molecule has 1 unspecified atom stereocenters. The van der Waals surface area contributed by atoms with E-state index in [0.717, 1.165) is 25.9 Å². The number of hydrogen-bond acceptors (Lipinski definition) is 5. The molecule has 2 N–H and O–H groups in total. The molecular weight excluding hydrogens is 344 g/mol. The standard InChI is InChI=1S/C17H21F2N5O2/c18-15(19)11-26-17-12(3-1-7-21-17)9-22-16(25)14-5-8-24(23-14)13-4-2-6-20-10-13/h1,3,5,7-8,13,15,20H,2,4,6,9-11H2,(H,22,25). The number of carbonyl (C=O) groups excluding carboxylic acids is 1. The van der Waals surface area contributed by atoms with Crippen molar-refractivity contribution in [3.8, 4) is 5.88 Å². The van der Waals surface area contributed by atoms with E-state index in [1.807, 2.05) is 4.68 Å². The number of hydrogen-bond donors (Lipinski definition) is 2. The van der Waals surface area contributed by atoms with E-state index < -0.39 is 13.0 Å². The van der Waals surface area contributed by atoms with Crippen LogP contribution in [-0.2, 0) is 6.54 Å². The zero-order valence-electron chi connectivity index (χ0n) is 14.2. The van der Waals surface area contributed by atoms with Crippen LogP contribution in [0.25, 0.3) is 0 Å². The van der Waals surface area contributed by atoms with Gasteiger partial charge < -0.3 is 15.4 Å². The molecule has 2 aromatic heterocycles. The first-order valence-electron chi connectivity index (χ1n) is 8.52. The Hall–Kier alpha value is -2.55. The zero-order valence-corrected chi connectivity index (χ0v) is 14.2. The van der Waals surface area contributed by atoms with Crippen LogP contribution in [0.2, 0.25) is 0 Å². The molecule has 3 rings (SSSR count). The first-order chi connectivity index (χ1) is 12.6. The summed E-state index contributed by atoms with van der Waals surface area (Å²) in [5.41, 5.74) is 0.840. The van der Waals surface area contributed by atoms with Crippen LogP contribution in [0.3, 0.4) is 0 Å². The third-order valence-corrected chi connectivity index (χ3v) is 4.12. The normalized spacial score (nSPS) is 17.3. The Morgan fingerprint density at radius 1 is 1.46 bits per heavy atom. The smallest absolute Gasteiger partial charge is 0.272 e. The molecule has 9 heteroatoms. The van der Waals surface area contributed by atoms with Gasteiger partial charge in [0.25, 0.3) is 12.3 Å². The van der Waals surface area contributed by atoms with Gasteiger partial charge in [-0.2, -0.15) is 5.10 Å². The molecule has 0 saturated carbocycles. The lowest BCUT2D eigenvalue weighted by Crippen LogP contribution is -2.32. The lowest BCUT2D eigenvalue weighted by atomic mass is 10.1. The van der Waals surface area contributed by atoms with Crippen molar-refractivity contribution in [2.45, 2.75) is 31.9 Å². The Kier molecular flexibility index (Phi) is 6.11. The molecule has 1 aliphatic heterocycles. The van der Waals surface area contributed by atoms with Crippen LogP contribution < -0.4 is 15.4 Å². The number of piperidine rings is 1. The lowest BCUT2D eigenvalue weighted by Gasteiger charge is -2.22. The Labute approximate surface area is 149 Å². The summed E-state index contributed by atoms with van der Waals surface area (Å²) in [5.74, 6) is -0.247. The molecule has 3 heterocycles. The topological polar surface area (TPSA) is 81.1 Å². The summed E-state index contributed by atoms with van der Waals surface area (Å²) in [4.78, 5) is 16.2. The van der Waals surface area contributed by atoms with E-state index in [0.29, 0.717) is 11.3 Å². The van der Waals surface area contributed by atoms with E-state index in [9.17, 15) is 13.6 Å². The minimum atomic E-state index is -2.59. The Morgan fingerprint density at radius 3 is 3.12 bits per heavy atom. The molecule has 0 spiro atoms. The van der Waals surface area contributed by atoms with Gasteiger partial charge in [-0.05, 0) is 31.5 Å². The molecule has 140 valence electrons. The van der Waals surface area contributed by atoms with Crippen LogP contribution in [-0.4, -0.2) is 46.8 Å². The van der Waals surface area contributed by atoms with Crippen molar-refractivity contribution in [1.29, 1.82) is 0 Å². The predicted octanol–water partition coefficient (Wildman–Crippen LogP) is 1.78. The number of carbonyl (C=O) groups is 1. The van der Waals surface area contributed by atoms with Crippen molar-refractivity contribution in [1.82, 2.24) is 25.4 Å². The van der Waals surface area contributed by atoms with Gasteiger partial charge in [0, 0.05) is 31.0 Å². The summed E-state index contributed by atoms with van der Waals surface area (Å²) in [7, 11) is 0. The number of nitrogens with one attached hydrogen (secondary N) is 2. The third-order valence-electron chi connectivity index (χ3n) is 4.12. The fraction of sp³-hybridized carbons (Fsp3) is 0.471. The average molecular weight is 365 g/mol. The number of rotatable bonds is 7. The molecule has 1 saturated heterocycles. The molecule has 0 aliphatic carbocycles. The summed E-state index contributed by atoms with van der Waals surface area (Å²) in [6.07, 6.45) is 2.77. The van der Waals surface area contributed by atoms with E-state index in [2.05, 4.69) is 20.7 Å². The highest BCUT2D eigenvalue weighted by Crippen LogP contribution is 2.17. The lowest BCUT2D eigenvalue weighted by molar-refractivity contribution is 0.0787. The van der Waals surface area contributed by atoms with E-state index in [1.165, 1.54) is 6.20 Å². The maximum atomic E-state index is 12.3. The number of ether oxygens (including phenoxy) is 1. The van der Waals surface area contributed by atoms with Crippen molar-refractivity contribution in [3.63, 3.8) is 0 Å². The molecule has 0 radical (unpaired) electrons. The number of halogens is 2. The monoisotopic (exact) mass is 365 g/mol. The maximum absolute atomic E-state index is 12.3. The van der Waals surface area contributed by atoms with Crippen LogP contribution in [0.5, 0.6) is 5.88 Å². The molecule has 1 amide bonds. The van der Waals surface area contributed by atoms with E-state index >= 15 is 0 Å². The van der Waals surface area contributed by atoms with Crippen molar-refractivity contribution in [2.75, 3.05) is 19.7 Å². The van der Waals surface area contributed by atoms with Gasteiger partial charge >= 0.3 is 0 Å². The van der Waals surface area contributed by atoms with Crippen LogP contribution in [0.4, 0.5) is 8.78 Å². The van der Waals surface area contributed by atoms with Gasteiger partial charge in [-0.15, -0.1) is 0 Å². The zero-order chi connectivity index (χ0) is 18.4. The van der Waals surface area contributed by atoms with Gasteiger partial charge in [0.1, 0.15) is 5.69 Å². The highest BCUT2D eigenvalue weighted by molar-refractivity contribution is 5.92. The predicted molar refractivity (Wildman–Crippen MR) is 90.3 cm³/mol. The molecule has 0 bridgehead atoms. The quantitative estimate of drug-likeness (QED) is 0.782. The molecule has 2 aromatic rings. The average Bonchev–Trinajstić information content (AvgIpc) is 3.16. The molecule has 7 nitrogen and oxygen atoms in total. The second-order valence-electron chi connectivity index (χ2n) is 6.03. The highest BCUT2D eigenvalue weighted by Gasteiger charge is 2.18. The van der Waals surface area contributed by atoms with E-state index in [1.54, 1.807) is 24.4 Å². The second kappa shape index (κ2) is 8.70. The molecule has 1 atom stereocenters. The third kappa shape index (κ3) is 4.75. The largest absolute Gasteiger partial charge is 0.471 e. The van der Waals surface area contributed by atoms with Crippen molar-refractivity contribution in [2.24, 2.45) is 0 Å². The molecule has 0 aromatic carbocycles. The fourth-order valence-electron chi connectivity index (χ4n) is 2.82. The van der Waals surface area contributed by atoms with Gasteiger partial charge in [-0.25, -0.2) is 13.8 Å². The summed E-state index contributed by atoms with van der Waals surface area (Å²) in [6.45, 7) is 1.22. The van der Waals surface area contributed by atoms with Gasteiger partial charge in [0.05, 0.1) is 6.04 Å². The van der Waals surface area contributed by atoms with Crippen LogP contribution in [0.1, 0.15) is 34.9 Å². The van der Waals surface area contributed by atoms with E-state index in [-0.39, 0.29) is 24.4 Å². The number of pyridine rings is 1. The van der Waals surface area contributed by atoms with Crippen LogP contribution in [0, 0.1) is 0 Å². The number of aromatic nitrogens is 3. The van der Waals surface area contributed by atoms with Gasteiger partial charge in [-0.1, -0.05) is 6.07 Å². The number of amides is 1. The number of alkyl halides is 2. The Balaban J connectivity index is 1.58. The molecule has 1 aliphatic rings.